The summed E-state index contributed by atoms with van der Waals surface area (Å²) in [6.45, 7) is 6.17. The van der Waals surface area contributed by atoms with Crippen molar-refractivity contribution in [3.8, 4) is 0 Å². The van der Waals surface area contributed by atoms with E-state index in [1.54, 1.807) is 25.4 Å². The summed E-state index contributed by atoms with van der Waals surface area (Å²) in [6.07, 6.45) is 5.12. The first kappa shape index (κ1) is 16.8. The number of aromatic nitrogens is 4. The van der Waals surface area contributed by atoms with Gasteiger partial charge in [0.25, 0.3) is 0 Å². The summed E-state index contributed by atoms with van der Waals surface area (Å²) < 4.78 is 7.13. The van der Waals surface area contributed by atoms with Crippen LogP contribution in [0.4, 0.5) is 0 Å². The highest BCUT2D eigenvalue weighted by Crippen LogP contribution is 2.26. The summed E-state index contributed by atoms with van der Waals surface area (Å²) in [5.74, 6) is -0.392. The molecular formula is C19H20N4O2. The number of hydrogen-bond donors (Lipinski definition) is 0. The van der Waals surface area contributed by atoms with Crippen molar-refractivity contribution in [3.63, 3.8) is 0 Å². The maximum atomic E-state index is 12.6. The van der Waals surface area contributed by atoms with Gasteiger partial charge in [-0.3, -0.25) is 4.68 Å². The zero-order valence-corrected chi connectivity index (χ0v) is 14.5. The molecule has 0 saturated carbocycles. The molecule has 128 valence electrons. The molecule has 2 heterocycles. The zero-order chi connectivity index (χ0) is 17.8. The summed E-state index contributed by atoms with van der Waals surface area (Å²) >= 11 is 0. The molecule has 0 spiro atoms. The van der Waals surface area contributed by atoms with E-state index >= 15 is 0 Å². The minimum atomic E-state index is -0.392. The lowest BCUT2D eigenvalue weighted by atomic mass is 10.0. The number of benzene rings is 1. The number of hydrogen-bond acceptors (Lipinski definition) is 5. The van der Waals surface area contributed by atoms with Crippen LogP contribution in [0.5, 0.6) is 0 Å². The van der Waals surface area contributed by atoms with Crippen molar-refractivity contribution >= 4 is 28.5 Å². The van der Waals surface area contributed by atoms with Gasteiger partial charge < -0.3 is 4.74 Å². The van der Waals surface area contributed by atoms with Gasteiger partial charge in [0.05, 0.1) is 29.6 Å². The summed E-state index contributed by atoms with van der Waals surface area (Å²) in [4.78, 5) is 12.6. The zero-order valence-electron chi connectivity index (χ0n) is 14.5. The molecule has 0 unspecified atom stereocenters. The molecule has 1 aromatic carbocycles. The van der Waals surface area contributed by atoms with Gasteiger partial charge in [0.2, 0.25) is 0 Å². The van der Waals surface area contributed by atoms with E-state index in [9.17, 15) is 4.79 Å². The third-order valence-corrected chi connectivity index (χ3v) is 3.81. The molecule has 0 radical (unpaired) electrons. The van der Waals surface area contributed by atoms with Crippen LogP contribution >= 0.6 is 0 Å². The fourth-order valence-corrected chi connectivity index (χ4v) is 2.70. The van der Waals surface area contributed by atoms with Gasteiger partial charge in [-0.25, -0.2) is 4.79 Å². The first-order valence-electron chi connectivity index (χ1n) is 8.25. The Balaban J connectivity index is 2.20. The third-order valence-electron chi connectivity index (χ3n) is 3.81. The highest BCUT2D eigenvalue weighted by atomic mass is 16.5. The Morgan fingerprint density at radius 1 is 1.28 bits per heavy atom. The molecule has 3 rings (SSSR count). The van der Waals surface area contributed by atoms with Crippen LogP contribution in [0.2, 0.25) is 0 Å². The summed E-state index contributed by atoms with van der Waals surface area (Å²) in [6, 6.07) is 9.64. The van der Waals surface area contributed by atoms with Crippen LogP contribution < -0.4 is 0 Å². The topological polar surface area (TPSA) is 69.9 Å². The lowest BCUT2D eigenvalue weighted by Gasteiger charge is -2.12. The number of carbonyl (C=O) groups is 1. The number of rotatable bonds is 5. The smallest absolute Gasteiger partial charge is 0.338 e. The molecule has 25 heavy (non-hydrogen) atoms. The number of fused-ring (bicyclic) bond motifs is 1. The largest absolute Gasteiger partial charge is 0.462 e. The lowest BCUT2D eigenvalue weighted by Crippen LogP contribution is -2.10. The second kappa shape index (κ2) is 7.25. The van der Waals surface area contributed by atoms with Crippen LogP contribution in [-0.2, 0) is 9.53 Å². The minimum absolute atomic E-state index is 0.178. The fourth-order valence-electron chi connectivity index (χ4n) is 2.70. The summed E-state index contributed by atoms with van der Waals surface area (Å²) in [7, 11) is 0. The fraction of sp³-hybridized carbons (Fsp3) is 0.263. The monoisotopic (exact) mass is 336 g/mol. The average Bonchev–Trinajstić information content (AvgIpc) is 3.08. The molecule has 3 aromatic rings. The summed E-state index contributed by atoms with van der Waals surface area (Å²) in [5, 5.41) is 13.3. The molecule has 0 amide bonds. The number of nitrogens with zero attached hydrogens (tertiary/aromatic N) is 4. The van der Waals surface area contributed by atoms with Gasteiger partial charge in [0.1, 0.15) is 0 Å². The molecule has 6 heteroatoms. The second-order valence-corrected chi connectivity index (χ2v) is 5.85. The van der Waals surface area contributed by atoms with Gasteiger partial charge >= 0.3 is 5.97 Å². The Kier molecular flexibility index (Phi) is 4.88. The minimum Gasteiger partial charge on any atom is -0.462 e. The van der Waals surface area contributed by atoms with Crippen molar-refractivity contribution < 1.29 is 9.53 Å². The predicted octanol–water partition coefficient (Wildman–Crippen LogP) is 3.51. The number of carbonyl (C=O) groups excluding carboxylic acids is 1. The highest BCUT2D eigenvalue weighted by molar-refractivity contribution is 6.24. The SMILES string of the molecule is CCOC(=O)C(=Cc1ccnn1C(C)C)c1cnnc2ccccc12. The van der Waals surface area contributed by atoms with E-state index in [0.717, 1.165) is 16.6 Å². The van der Waals surface area contributed by atoms with E-state index in [4.69, 9.17) is 4.74 Å². The van der Waals surface area contributed by atoms with Gasteiger partial charge in [-0.15, -0.1) is 0 Å². The molecule has 0 saturated heterocycles. The Morgan fingerprint density at radius 3 is 2.84 bits per heavy atom. The third kappa shape index (κ3) is 3.42. The number of esters is 1. The first-order valence-corrected chi connectivity index (χ1v) is 8.25. The van der Waals surface area contributed by atoms with Gasteiger partial charge in [-0.2, -0.15) is 15.3 Å². The molecule has 0 aliphatic carbocycles. The van der Waals surface area contributed by atoms with Gasteiger partial charge in [0, 0.05) is 23.2 Å². The van der Waals surface area contributed by atoms with Crippen LogP contribution in [0.3, 0.4) is 0 Å². The van der Waals surface area contributed by atoms with Crippen LogP contribution in [0, 0.1) is 0 Å². The van der Waals surface area contributed by atoms with E-state index in [1.807, 2.05) is 48.9 Å². The maximum Gasteiger partial charge on any atom is 0.338 e. The van der Waals surface area contributed by atoms with E-state index in [1.165, 1.54) is 0 Å². The van der Waals surface area contributed by atoms with Crippen molar-refractivity contribution in [1.82, 2.24) is 20.0 Å². The van der Waals surface area contributed by atoms with E-state index in [0.29, 0.717) is 17.7 Å². The van der Waals surface area contributed by atoms with Gasteiger partial charge in [0.15, 0.2) is 0 Å². The van der Waals surface area contributed by atoms with Crippen LogP contribution in [0.15, 0.2) is 42.7 Å². The molecule has 0 atom stereocenters. The molecule has 0 aliphatic heterocycles. The van der Waals surface area contributed by atoms with E-state index < -0.39 is 5.97 Å². The Hall–Kier alpha value is -3.02. The van der Waals surface area contributed by atoms with Gasteiger partial charge in [-0.1, -0.05) is 18.2 Å². The molecule has 0 fully saturated rings. The van der Waals surface area contributed by atoms with Crippen molar-refractivity contribution in [3.05, 3.63) is 54.0 Å². The Bertz CT molecular complexity index is 923. The lowest BCUT2D eigenvalue weighted by molar-refractivity contribution is -0.136. The Labute approximate surface area is 146 Å². The molecule has 2 aromatic heterocycles. The molecule has 0 N–H and O–H groups in total. The van der Waals surface area contributed by atoms with Gasteiger partial charge in [-0.05, 0) is 39.0 Å². The van der Waals surface area contributed by atoms with Crippen LogP contribution in [0.1, 0.15) is 38.1 Å². The average molecular weight is 336 g/mol. The maximum absolute atomic E-state index is 12.6. The van der Waals surface area contributed by atoms with Crippen molar-refractivity contribution in [2.45, 2.75) is 26.8 Å². The van der Waals surface area contributed by atoms with E-state index in [-0.39, 0.29) is 6.04 Å². The van der Waals surface area contributed by atoms with Crippen molar-refractivity contribution in [1.29, 1.82) is 0 Å². The molecular weight excluding hydrogens is 316 g/mol. The van der Waals surface area contributed by atoms with Crippen LogP contribution in [0.25, 0.3) is 22.6 Å². The van der Waals surface area contributed by atoms with Crippen molar-refractivity contribution in [2.24, 2.45) is 0 Å². The highest BCUT2D eigenvalue weighted by Gasteiger charge is 2.18. The quantitative estimate of drug-likeness (QED) is 0.527. The number of ether oxygens (including phenoxy) is 1. The predicted molar refractivity (Wildman–Crippen MR) is 96.7 cm³/mol. The van der Waals surface area contributed by atoms with Crippen molar-refractivity contribution in [2.75, 3.05) is 6.61 Å². The normalized spacial score (nSPS) is 11.9. The Morgan fingerprint density at radius 2 is 2.08 bits per heavy atom. The molecule has 6 nitrogen and oxygen atoms in total. The molecule has 0 bridgehead atoms. The second-order valence-electron chi connectivity index (χ2n) is 5.85. The first-order chi connectivity index (χ1) is 12.1. The molecule has 0 aliphatic rings. The van der Waals surface area contributed by atoms with E-state index in [2.05, 4.69) is 15.3 Å². The summed E-state index contributed by atoms with van der Waals surface area (Å²) in [5.41, 5.74) is 2.70. The van der Waals surface area contributed by atoms with Crippen LogP contribution in [-0.4, -0.2) is 32.6 Å². The standard InChI is InChI=1S/C19H20N4O2/c1-4-25-19(24)16(11-14-9-10-21-23(14)13(2)3)17-12-20-22-18-8-6-5-7-15(17)18/h5-13H,4H2,1-3H3.